The molecule has 114 valence electrons. The van der Waals surface area contributed by atoms with Crippen molar-refractivity contribution in [1.29, 1.82) is 0 Å². The molecule has 20 heavy (non-hydrogen) atoms. The maximum Gasteiger partial charge on any atom is 0.408 e. The summed E-state index contributed by atoms with van der Waals surface area (Å²) < 4.78 is 5.31. The lowest BCUT2D eigenvalue weighted by molar-refractivity contribution is 0.0502. The Hall–Kier alpha value is -1.10. The van der Waals surface area contributed by atoms with Gasteiger partial charge < -0.3 is 10.1 Å². The Bertz CT molecular complexity index is 424. The van der Waals surface area contributed by atoms with E-state index in [1.54, 1.807) is 11.3 Å². The standard InChI is InChI=1S/C13H20N2O2S.C2H6/c1-13(2,3)17-12(16)15-10-7-5-4-6-9-11(10)18-8-14-9;1-2/h8,10H,4-7H2,1-3H3,(H,15,16);1-2H3/t10-;/m0./s1. The summed E-state index contributed by atoms with van der Waals surface area (Å²) in [7, 11) is 0. The largest absolute Gasteiger partial charge is 0.444 e. The van der Waals surface area contributed by atoms with Crippen LogP contribution in [-0.2, 0) is 11.2 Å². The Morgan fingerprint density at radius 1 is 1.40 bits per heavy atom. The molecule has 5 heteroatoms. The Morgan fingerprint density at radius 3 is 2.75 bits per heavy atom. The first-order chi connectivity index (χ1) is 9.46. The van der Waals surface area contributed by atoms with Crippen molar-refractivity contribution < 1.29 is 9.53 Å². The number of amides is 1. The van der Waals surface area contributed by atoms with Gasteiger partial charge in [-0.15, -0.1) is 11.3 Å². The van der Waals surface area contributed by atoms with Gasteiger partial charge >= 0.3 is 6.09 Å². The second-order valence-corrected chi connectivity index (χ2v) is 6.49. The molecule has 0 saturated carbocycles. The molecule has 1 N–H and O–H groups in total. The molecule has 2 rings (SSSR count). The van der Waals surface area contributed by atoms with Gasteiger partial charge in [-0.25, -0.2) is 9.78 Å². The van der Waals surface area contributed by atoms with Crippen molar-refractivity contribution in [3.63, 3.8) is 0 Å². The van der Waals surface area contributed by atoms with Crippen molar-refractivity contribution >= 4 is 17.4 Å². The van der Waals surface area contributed by atoms with E-state index < -0.39 is 5.60 Å². The van der Waals surface area contributed by atoms with Crippen LogP contribution in [0.15, 0.2) is 5.51 Å². The van der Waals surface area contributed by atoms with Gasteiger partial charge in [0, 0.05) is 0 Å². The van der Waals surface area contributed by atoms with Gasteiger partial charge in [-0.1, -0.05) is 20.3 Å². The molecule has 0 bridgehead atoms. The number of thiazole rings is 1. The smallest absolute Gasteiger partial charge is 0.408 e. The third-order valence-corrected chi connectivity index (χ3v) is 3.82. The summed E-state index contributed by atoms with van der Waals surface area (Å²) in [5.41, 5.74) is 2.55. The number of nitrogens with zero attached hydrogens (tertiary/aromatic N) is 1. The number of aromatic nitrogens is 1. The highest BCUT2D eigenvalue weighted by molar-refractivity contribution is 7.09. The molecule has 0 spiro atoms. The lowest BCUT2D eigenvalue weighted by atomic mass is 10.1. The van der Waals surface area contributed by atoms with Gasteiger partial charge in [0.05, 0.1) is 22.1 Å². The molecule has 0 fully saturated rings. The fourth-order valence-electron chi connectivity index (χ4n) is 2.11. The van der Waals surface area contributed by atoms with Crippen LogP contribution in [-0.4, -0.2) is 16.7 Å². The normalized spacial score (nSPS) is 18.1. The zero-order valence-corrected chi connectivity index (χ0v) is 14.0. The quantitative estimate of drug-likeness (QED) is 0.779. The van der Waals surface area contributed by atoms with Crippen LogP contribution in [0, 0.1) is 0 Å². The maximum atomic E-state index is 11.8. The molecule has 0 unspecified atom stereocenters. The minimum Gasteiger partial charge on any atom is -0.444 e. The van der Waals surface area contributed by atoms with Crippen LogP contribution in [0.5, 0.6) is 0 Å². The van der Waals surface area contributed by atoms with Crippen LogP contribution in [0.3, 0.4) is 0 Å². The topological polar surface area (TPSA) is 51.2 Å². The predicted octanol–water partition coefficient (Wildman–Crippen LogP) is 4.46. The van der Waals surface area contributed by atoms with Crippen LogP contribution >= 0.6 is 11.3 Å². The Kier molecular flexibility index (Phi) is 6.46. The summed E-state index contributed by atoms with van der Waals surface area (Å²) in [4.78, 5) is 17.4. The third kappa shape index (κ3) is 5.12. The van der Waals surface area contributed by atoms with E-state index in [0.29, 0.717) is 0 Å². The molecule has 1 aliphatic carbocycles. The molecule has 1 amide bonds. The first-order valence-electron chi connectivity index (χ1n) is 7.37. The minimum atomic E-state index is -0.453. The fraction of sp³-hybridized carbons (Fsp3) is 0.733. The van der Waals surface area contributed by atoms with Gasteiger partial charge in [0.2, 0.25) is 0 Å². The van der Waals surface area contributed by atoms with Gasteiger partial charge in [-0.05, 0) is 40.0 Å². The maximum absolute atomic E-state index is 11.8. The second-order valence-electron chi connectivity index (χ2n) is 5.61. The molecular weight excluding hydrogens is 272 g/mol. The van der Waals surface area contributed by atoms with Crippen LogP contribution < -0.4 is 5.32 Å². The van der Waals surface area contributed by atoms with Gasteiger partial charge in [0.1, 0.15) is 5.60 Å². The number of alkyl carbamates (subject to hydrolysis) is 1. The zero-order valence-electron chi connectivity index (χ0n) is 13.2. The van der Waals surface area contributed by atoms with Crippen molar-refractivity contribution in [2.75, 3.05) is 0 Å². The Balaban J connectivity index is 0.000000956. The summed E-state index contributed by atoms with van der Waals surface area (Å²) in [6.07, 6.45) is 3.90. The molecule has 1 atom stereocenters. The minimum absolute atomic E-state index is 0.0600. The Morgan fingerprint density at radius 2 is 2.10 bits per heavy atom. The average molecular weight is 298 g/mol. The van der Waals surface area contributed by atoms with Crippen molar-refractivity contribution in [3.8, 4) is 0 Å². The van der Waals surface area contributed by atoms with Crippen molar-refractivity contribution in [2.24, 2.45) is 0 Å². The number of aryl methyl sites for hydroxylation is 1. The van der Waals surface area contributed by atoms with E-state index in [-0.39, 0.29) is 12.1 Å². The summed E-state index contributed by atoms with van der Waals surface area (Å²) in [5.74, 6) is 0. The van der Waals surface area contributed by atoms with Crippen molar-refractivity contribution in [2.45, 2.75) is 71.9 Å². The number of hydrogen-bond donors (Lipinski definition) is 1. The number of carbonyl (C=O) groups is 1. The fourth-order valence-corrected chi connectivity index (χ4v) is 3.03. The summed E-state index contributed by atoms with van der Waals surface area (Å²) in [5, 5.41) is 2.97. The molecule has 0 aromatic carbocycles. The summed E-state index contributed by atoms with van der Waals surface area (Å²) in [6.45, 7) is 9.62. The van der Waals surface area contributed by atoms with Gasteiger partial charge in [-0.2, -0.15) is 0 Å². The first kappa shape index (κ1) is 17.0. The Labute approximate surface area is 125 Å². The average Bonchev–Trinajstić information content (AvgIpc) is 2.74. The molecule has 1 aromatic heterocycles. The molecule has 4 nitrogen and oxygen atoms in total. The molecule has 1 aliphatic rings. The van der Waals surface area contributed by atoms with Crippen LogP contribution in [0.1, 0.15) is 70.5 Å². The van der Waals surface area contributed by atoms with E-state index in [0.717, 1.165) is 31.4 Å². The van der Waals surface area contributed by atoms with Crippen molar-refractivity contribution in [1.82, 2.24) is 10.3 Å². The highest BCUT2D eigenvalue weighted by Crippen LogP contribution is 2.31. The van der Waals surface area contributed by atoms with Crippen LogP contribution in [0.2, 0.25) is 0 Å². The zero-order chi connectivity index (χ0) is 15.2. The first-order valence-corrected chi connectivity index (χ1v) is 8.25. The molecular formula is C15H26N2O2S. The number of fused-ring (bicyclic) bond motifs is 1. The number of nitrogens with one attached hydrogen (secondary N) is 1. The van der Waals surface area contributed by atoms with Gasteiger partial charge in [-0.3, -0.25) is 0 Å². The highest BCUT2D eigenvalue weighted by atomic mass is 32.1. The lowest BCUT2D eigenvalue weighted by Gasteiger charge is -2.22. The van der Waals surface area contributed by atoms with Gasteiger partial charge in [0.25, 0.3) is 0 Å². The second kappa shape index (κ2) is 7.62. The number of ether oxygens (including phenoxy) is 1. The van der Waals surface area contributed by atoms with E-state index in [1.807, 2.05) is 40.1 Å². The highest BCUT2D eigenvalue weighted by Gasteiger charge is 2.25. The summed E-state index contributed by atoms with van der Waals surface area (Å²) in [6, 6.07) is 0.0600. The lowest BCUT2D eigenvalue weighted by Crippen LogP contribution is -2.34. The van der Waals surface area contributed by atoms with E-state index in [1.165, 1.54) is 4.88 Å². The molecule has 1 aromatic rings. The number of rotatable bonds is 1. The van der Waals surface area contributed by atoms with E-state index in [4.69, 9.17) is 4.74 Å². The SMILES string of the molecule is CC.CC(C)(C)OC(=O)N[C@H]1CCCCc2ncsc21. The summed E-state index contributed by atoms with van der Waals surface area (Å²) >= 11 is 1.63. The monoisotopic (exact) mass is 298 g/mol. The van der Waals surface area contributed by atoms with Crippen LogP contribution in [0.25, 0.3) is 0 Å². The predicted molar refractivity (Wildman–Crippen MR) is 83.1 cm³/mol. The molecule has 1 heterocycles. The molecule has 0 saturated heterocycles. The van der Waals surface area contributed by atoms with E-state index in [9.17, 15) is 4.79 Å². The number of hydrogen-bond acceptors (Lipinski definition) is 4. The molecule has 0 aliphatic heterocycles. The number of carbonyl (C=O) groups excluding carboxylic acids is 1. The molecule has 0 radical (unpaired) electrons. The van der Waals surface area contributed by atoms with Gasteiger partial charge in [0.15, 0.2) is 0 Å². The van der Waals surface area contributed by atoms with E-state index in [2.05, 4.69) is 10.3 Å². The third-order valence-electron chi connectivity index (χ3n) is 2.84. The van der Waals surface area contributed by atoms with E-state index >= 15 is 0 Å². The van der Waals surface area contributed by atoms with Crippen molar-refractivity contribution in [3.05, 3.63) is 16.1 Å². The van der Waals surface area contributed by atoms with Crippen LogP contribution in [0.4, 0.5) is 4.79 Å².